The van der Waals surface area contributed by atoms with E-state index in [1.165, 1.54) is 12.8 Å². The van der Waals surface area contributed by atoms with Gasteiger partial charge < -0.3 is 9.47 Å². The van der Waals surface area contributed by atoms with E-state index in [0.29, 0.717) is 6.42 Å². The highest BCUT2D eigenvalue weighted by molar-refractivity contribution is 5.70. The lowest BCUT2D eigenvalue weighted by atomic mass is 10.2. The fraction of sp³-hybridized carbons (Fsp3) is 0.769. The summed E-state index contributed by atoms with van der Waals surface area (Å²) in [6.07, 6.45) is 9.91. The Kier molecular flexibility index (Phi) is 6.90. The van der Waals surface area contributed by atoms with Crippen molar-refractivity contribution in [3.8, 4) is 0 Å². The molecule has 1 aliphatic carbocycles. The van der Waals surface area contributed by atoms with Crippen molar-refractivity contribution in [2.45, 2.75) is 51.4 Å². The van der Waals surface area contributed by atoms with Crippen molar-refractivity contribution in [1.82, 2.24) is 0 Å². The Morgan fingerprint density at radius 2 is 2.19 bits per heavy atom. The first-order valence-electron chi connectivity index (χ1n) is 6.21. The van der Waals surface area contributed by atoms with E-state index in [-0.39, 0.29) is 5.97 Å². The number of hydrogen-bond donors (Lipinski definition) is 0. The third-order valence-corrected chi connectivity index (χ3v) is 2.72. The molecule has 0 unspecified atom stereocenters. The maximum Gasteiger partial charge on any atom is 0.310 e. The minimum Gasteiger partial charge on any atom is -0.431 e. The Morgan fingerprint density at radius 1 is 1.31 bits per heavy atom. The molecule has 0 bridgehead atoms. The molecule has 16 heavy (non-hydrogen) atoms. The van der Waals surface area contributed by atoms with E-state index < -0.39 is 0 Å². The summed E-state index contributed by atoms with van der Waals surface area (Å²) >= 11 is 0. The Balaban J connectivity index is 2.14. The molecule has 3 heteroatoms. The van der Waals surface area contributed by atoms with Crippen molar-refractivity contribution in [2.75, 3.05) is 13.7 Å². The maximum atomic E-state index is 11.5. The van der Waals surface area contributed by atoms with Gasteiger partial charge in [0.2, 0.25) is 0 Å². The molecule has 1 aliphatic rings. The smallest absolute Gasteiger partial charge is 0.310 e. The van der Waals surface area contributed by atoms with Gasteiger partial charge in [0, 0.05) is 26.6 Å². The fourth-order valence-corrected chi connectivity index (χ4v) is 1.79. The lowest BCUT2D eigenvalue weighted by molar-refractivity contribution is -0.139. The molecule has 0 aliphatic heterocycles. The second kappa shape index (κ2) is 8.34. The molecule has 0 spiro atoms. The summed E-state index contributed by atoms with van der Waals surface area (Å²) in [5.41, 5.74) is 0. The van der Waals surface area contributed by atoms with Crippen LogP contribution in [0.15, 0.2) is 11.8 Å². The highest BCUT2D eigenvalue weighted by Crippen LogP contribution is 2.18. The first-order chi connectivity index (χ1) is 7.83. The number of carbonyl (C=O) groups excluding carboxylic acids is 1. The molecule has 0 amide bonds. The third kappa shape index (κ3) is 5.91. The number of carbonyl (C=O) groups is 1. The van der Waals surface area contributed by atoms with Gasteiger partial charge in [0.1, 0.15) is 5.76 Å². The number of ether oxygens (including phenoxy) is 2. The molecule has 0 atom stereocenters. The van der Waals surface area contributed by atoms with E-state index in [4.69, 9.17) is 9.47 Å². The van der Waals surface area contributed by atoms with Crippen molar-refractivity contribution in [3.05, 3.63) is 11.8 Å². The van der Waals surface area contributed by atoms with Crippen LogP contribution in [-0.2, 0) is 14.3 Å². The fourth-order valence-electron chi connectivity index (χ4n) is 1.79. The van der Waals surface area contributed by atoms with Gasteiger partial charge in [-0.1, -0.05) is 6.42 Å². The summed E-state index contributed by atoms with van der Waals surface area (Å²) in [7, 11) is 1.68. The summed E-state index contributed by atoms with van der Waals surface area (Å²) in [5, 5.41) is 0. The predicted molar refractivity (Wildman–Crippen MR) is 63.0 cm³/mol. The molecule has 0 N–H and O–H groups in total. The van der Waals surface area contributed by atoms with E-state index in [9.17, 15) is 4.79 Å². The SMILES string of the molecule is COCCCCC(=O)OC1=CCCCCC1. The van der Waals surface area contributed by atoms with Crippen LogP contribution in [0.25, 0.3) is 0 Å². The molecule has 92 valence electrons. The molecule has 3 nitrogen and oxygen atoms in total. The van der Waals surface area contributed by atoms with E-state index in [1.807, 2.05) is 0 Å². The molecule has 0 aromatic rings. The van der Waals surface area contributed by atoms with Crippen LogP contribution in [0, 0.1) is 0 Å². The van der Waals surface area contributed by atoms with E-state index in [0.717, 1.165) is 44.5 Å². The molecule has 0 saturated heterocycles. The molecule has 0 radical (unpaired) electrons. The van der Waals surface area contributed by atoms with Crippen LogP contribution in [-0.4, -0.2) is 19.7 Å². The maximum absolute atomic E-state index is 11.5. The van der Waals surface area contributed by atoms with E-state index >= 15 is 0 Å². The van der Waals surface area contributed by atoms with Crippen molar-refractivity contribution in [1.29, 1.82) is 0 Å². The average Bonchev–Trinajstić information content (AvgIpc) is 2.53. The first kappa shape index (κ1) is 13.2. The van der Waals surface area contributed by atoms with Crippen LogP contribution < -0.4 is 0 Å². The quantitative estimate of drug-likeness (QED) is 0.515. The van der Waals surface area contributed by atoms with Gasteiger partial charge in [0.05, 0.1) is 0 Å². The van der Waals surface area contributed by atoms with Crippen LogP contribution in [0.3, 0.4) is 0 Å². The number of hydrogen-bond acceptors (Lipinski definition) is 3. The van der Waals surface area contributed by atoms with Crippen LogP contribution >= 0.6 is 0 Å². The lowest BCUT2D eigenvalue weighted by Crippen LogP contribution is -2.04. The van der Waals surface area contributed by atoms with Gasteiger partial charge >= 0.3 is 5.97 Å². The second-order valence-corrected chi connectivity index (χ2v) is 4.19. The minimum absolute atomic E-state index is 0.0933. The van der Waals surface area contributed by atoms with Crippen molar-refractivity contribution < 1.29 is 14.3 Å². The van der Waals surface area contributed by atoms with Crippen LogP contribution in [0.4, 0.5) is 0 Å². The Bertz CT molecular complexity index is 233. The monoisotopic (exact) mass is 226 g/mol. The molecule has 1 rings (SSSR count). The van der Waals surface area contributed by atoms with E-state index in [1.54, 1.807) is 7.11 Å². The Morgan fingerprint density at radius 3 is 3.00 bits per heavy atom. The second-order valence-electron chi connectivity index (χ2n) is 4.19. The summed E-state index contributed by atoms with van der Waals surface area (Å²) in [6, 6.07) is 0. The molecular formula is C13H22O3. The molecule has 0 heterocycles. The molecule has 0 fully saturated rings. The van der Waals surface area contributed by atoms with Crippen LogP contribution in [0.1, 0.15) is 51.4 Å². The molecule has 0 aromatic heterocycles. The number of unbranched alkanes of at least 4 members (excludes halogenated alkanes) is 1. The zero-order valence-corrected chi connectivity index (χ0v) is 10.2. The van der Waals surface area contributed by atoms with Crippen LogP contribution in [0.5, 0.6) is 0 Å². The van der Waals surface area contributed by atoms with Crippen molar-refractivity contribution >= 4 is 5.97 Å². The van der Waals surface area contributed by atoms with Crippen LogP contribution in [0.2, 0.25) is 0 Å². The molecule has 0 aromatic carbocycles. The van der Waals surface area contributed by atoms with Gasteiger partial charge in [0.15, 0.2) is 0 Å². The zero-order valence-electron chi connectivity index (χ0n) is 10.2. The summed E-state index contributed by atoms with van der Waals surface area (Å²) in [6.45, 7) is 0.718. The Hall–Kier alpha value is -0.830. The van der Waals surface area contributed by atoms with Gasteiger partial charge in [-0.2, -0.15) is 0 Å². The first-order valence-corrected chi connectivity index (χ1v) is 6.21. The van der Waals surface area contributed by atoms with E-state index in [2.05, 4.69) is 6.08 Å². The Labute approximate surface area is 97.8 Å². The number of methoxy groups -OCH3 is 1. The predicted octanol–water partition coefficient (Wildman–Crippen LogP) is 3.19. The van der Waals surface area contributed by atoms with Gasteiger partial charge in [0.25, 0.3) is 0 Å². The summed E-state index contributed by atoms with van der Waals surface area (Å²) in [4.78, 5) is 11.5. The normalized spacial score (nSPS) is 16.4. The van der Waals surface area contributed by atoms with Crippen molar-refractivity contribution in [2.24, 2.45) is 0 Å². The third-order valence-electron chi connectivity index (χ3n) is 2.72. The van der Waals surface area contributed by atoms with Gasteiger partial charge in [-0.05, 0) is 38.2 Å². The molecule has 0 saturated carbocycles. The van der Waals surface area contributed by atoms with Gasteiger partial charge in [-0.25, -0.2) is 0 Å². The zero-order chi connectivity index (χ0) is 11.6. The highest BCUT2D eigenvalue weighted by atomic mass is 16.5. The van der Waals surface area contributed by atoms with Gasteiger partial charge in [-0.15, -0.1) is 0 Å². The average molecular weight is 226 g/mol. The lowest BCUT2D eigenvalue weighted by Gasteiger charge is -2.06. The van der Waals surface area contributed by atoms with Gasteiger partial charge in [-0.3, -0.25) is 4.79 Å². The number of esters is 1. The number of rotatable bonds is 6. The topological polar surface area (TPSA) is 35.5 Å². The standard InChI is InChI=1S/C13H22O3/c1-15-11-7-6-10-13(14)16-12-8-4-2-3-5-9-12/h8H,2-7,9-11H2,1H3. The largest absolute Gasteiger partial charge is 0.431 e. The minimum atomic E-state index is -0.0933. The summed E-state index contributed by atoms with van der Waals surface area (Å²) < 4.78 is 10.3. The van der Waals surface area contributed by atoms with Crippen molar-refractivity contribution in [3.63, 3.8) is 0 Å². The summed E-state index contributed by atoms with van der Waals surface area (Å²) in [5.74, 6) is 0.790. The molecular weight excluding hydrogens is 204 g/mol. The highest BCUT2D eigenvalue weighted by Gasteiger charge is 2.08. The number of allylic oxidation sites excluding steroid dienone is 2.